The highest BCUT2D eigenvalue weighted by Crippen LogP contribution is 2.20. The number of anilines is 1. The van der Waals surface area contributed by atoms with E-state index < -0.39 is 11.7 Å². The smallest absolute Gasteiger partial charge is 0.226 e. The zero-order chi connectivity index (χ0) is 14.4. The molecule has 2 rings (SSSR count). The van der Waals surface area contributed by atoms with Gasteiger partial charge in [-0.05, 0) is 17.7 Å². The summed E-state index contributed by atoms with van der Waals surface area (Å²) in [6.07, 6.45) is -0.00511. The van der Waals surface area contributed by atoms with Crippen LogP contribution < -0.4 is 5.32 Å². The number of carbonyl (C=O) groups is 1. The van der Waals surface area contributed by atoms with Crippen LogP contribution in [0, 0.1) is 17.1 Å². The predicted molar refractivity (Wildman–Crippen MR) is 74.4 cm³/mol. The molecule has 0 heterocycles. The lowest BCUT2D eigenvalue weighted by atomic mass is 9.97. The van der Waals surface area contributed by atoms with Crippen LogP contribution in [0.4, 0.5) is 10.1 Å². The number of hydrogen-bond donors (Lipinski definition) is 1. The zero-order valence-electron chi connectivity index (χ0n) is 10.7. The molecule has 0 bridgehead atoms. The summed E-state index contributed by atoms with van der Waals surface area (Å²) < 4.78 is 13.4. The Kier molecular flexibility index (Phi) is 4.46. The molecule has 0 aliphatic heterocycles. The van der Waals surface area contributed by atoms with Gasteiger partial charge in [0.15, 0.2) is 0 Å². The summed E-state index contributed by atoms with van der Waals surface area (Å²) in [6.45, 7) is 0. The fraction of sp³-hybridized carbons (Fsp3) is 0.125. The van der Waals surface area contributed by atoms with Gasteiger partial charge in [0.05, 0.1) is 17.7 Å². The number of halogens is 1. The molecule has 2 aromatic rings. The van der Waals surface area contributed by atoms with E-state index in [1.807, 2.05) is 18.2 Å². The molecule has 3 nitrogen and oxygen atoms in total. The van der Waals surface area contributed by atoms with E-state index >= 15 is 0 Å². The molecule has 0 saturated carbocycles. The van der Waals surface area contributed by atoms with Gasteiger partial charge in [0, 0.05) is 6.42 Å². The Balaban J connectivity index is 2.04. The third kappa shape index (κ3) is 3.42. The number of nitriles is 1. The molecule has 0 radical (unpaired) electrons. The number of rotatable bonds is 4. The van der Waals surface area contributed by atoms with Gasteiger partial charge in [0.1, 0.15) is 5.82 Å². The highest BCUT2D eigenvalue weighted by molar-refractivity contribution is 5.91. The van der Waals surface area contributed by atoms with Gasteiger partial charge in [-0.25, -0.2) is 4.39 Å². The normalized spacial score (nSPS) is 11.4. The van der Waals surface area contributed by atoms with Crippen LogP contribution in [-0.2, 0) is 4.79 Å². The van der Waals surface area contributed by atoms with Crippen LogP contribution in [0.5, 0.6) is 0 Å². The quantitative estimate of drug-likeness (QED) is 0.923. The molecular formula is C16H13FN2O. The highest BCUT2D eigenvalue weighted by atomic mass is 19.1. The largest absolute Gasteiger partial charge is 0.324 e. The molecule has 100 valence electrons. The molecule has 4 heteroatoms. The van der Waals surface area contributed by atoms with Crippen molar-refractivity contribution in [3.05, 3.63) is 66.0 Å². The van der Waals surface area contributed by atoms with E-state index in [4.69, 9.17) is 5.26 Å². The lowest BCUT2D eigenvalue weighted by molar-refractivity contribution is -0.116. The van der Waals surface area contributed by atoms with Gasteiger partial charge >= 0.3 is 0 Å². The van der Waals surface area contributed by atoms with E-state index in [9.17, 15) is 9.18 Å². The number of carbonyl (C=O) groups excluding carboxylic acids is 1. The van der Waals surface area contributed by atoms with Crippen molar-refractivity contribution in [1.29, 1.82) is 5.26 Å². The number of hydrogen-bond acceptors (Lipinski definition) is 2. The number of benzene rings is 2. The number of nitrogens with zero attached hydrogens (tertiary/aromatic N) is 1. The molecule has 0 fully saturated rings. The van der Waals surface area contributed by atoms with Crippen molar-refractivity contribution in [2.75, 3.05) is 5.32 Å². The van der Waals surface area contributed by atoms with Crippen LogP contribution in [0.1, 0.15) is 17.9 Å². The highest BCUT2D eigenvalue weighted by Gasteiger charge is 2.16. The van der Waals surface area contributed by atoms with Crippen molar-refractivity contribution in [2.45, 2.75) is 12.3 Å². The second kappa shape index (κ2) is 6.48. The fourth-order valence-corrected chi connectivity index (χ4v) is 1.87. The van der Waals surface area contributed by atoms with Crippen LogP contribution >= 0.6 is 0 Å². The topological polar surface area (TPSA) is 52.9 Å². The molecule has 0 aromatic heterocycles. The molecule has 1 amide bonds. The summed E-state index contributed by atoms with van der Waals surface area (Å²) in [6, 6.07) is 17.1. The zero-order valence-corrected chi connectivity index (χ0v) is 10.7. The first-order valence-electron chi connectivity index (χ1n) is 6.19. The average Bonchev–Trinajstić information content (AvgIpc) is 2.48. The molecule has 1 unspecified atom stereocenters. The minimum Gasteiger partial charge on any atom is -0.324 e. The van der Waals surface area contributed by atoms with E-state index in [-0.39, 0.29) is 18.0 Å². The Bertz CT molecular complexity index is 634. The van der Waals surface area contributed by atoms with Crippen molar-refractivity contribution < 1.29 is 9.18 Å². The second-order valence-electron chi connectivity index (χ2n) is 4.32. The number of amides is 1. The summed E-state index contributed by atoms with van der Waals surface area (Å²) in [4.78, 5) is 11.9. The molecule has 0 saturated heterocycles. The molecular weight excluding hydrogens is 255 g/mol. The third-order valence-corrected chi connectivity index (χ3v) is 2.90. The molecule has 1 atom stereocenters. The molecule has 2 aromatic carbocycles. The van der Waals surface area contributed by atoms with Crippen molar-refractivity contribution in [1.82, 2.24) is 0 Å². The van der Waals surface area contributed by atoms with Crippen LogP contribution in [0.25, 0.3) is 0 Å². The van der Waals surface area contributed by atoms with Crippen molar-refractivity contribution in [3.63, 3.8) is 0 Å². The van der Waals surface area contributed by atoms with Crippen LogP contribution in [0.15, 0.2) is 54.6 Å². The minimum absolute atomic E-state index is 0.00511. The van der Waals surface area contributed by atoms with E-state index in [1.54, 1.807) is 24.3 Å². The van der Waals surface area contributed by atoms with Gasteiger partial charge in [0.25, 0.3) is 0 Å². The van der Waals surface area contributed by atoms with Gasteiger partial charge in [-0.15, -0.1) is 0 Å². The Hall–Kier alpha value is -2.67. The summed E-state index contributed by atoms with van der Waals surface area (Å²) in [5, 5.41) is 11.6. The lowest BCUT2D eigenvalue weighted by Gasteiger charge is -2.10. The Morgan fingerprint density at radius 2 is 1.80 bits per heavy atom. The SMILES string of the molecule is N#CC(CC(=O)Nc1ccccc1F)c1ccccc1. The van der Waals surface area contributed by atoms with E-state index in [1.165, 1.54) is 12.1 Å². The van der Waals surface area contributed by atoms with Crippen molar-refractivity contribution in [3.8, 4) is 6.07 Å². The van der Waals surface area contributed by atoms with Gasteiger partial charge in [-0.2, -0.15) is 5.26 Å². The van der Waals surface area contributed by atoms with Crippen LogP contribution in [-0.4, -0.2) is 5.91 Å². The van der Waals surface area contributed by atoms with Gasteiger partial charge in [-0.3, -0.25) is 4.79 Å². The van der Waals surface area contributed by atoms with Gasteiger partial charge in [-0.1, -0.05) is 42.5 Å². The lowest BCUT2D eigenvalue weighted by Crippen LogP contribution is -2.15. The first-order valence-corrected chi connectivity index (χ1v) is 6.19. The summed E-state index contributed by atoms with van der Waals surface area (Å²) in [5.41, 5.74) is 0.904. The fourth-order valence-electron chi connectivity index (χ4n) is 1.87. The van der Waals surface area contributed by atoms with E-state index in [0.29, 0.717) is 0 Å². The third-order valence-electron chi connectivity index (χ3n) is 2.90. The molecule has 0 aliphatic carbocycles. The Morgan fingerprint density at radius 1 is 1.15 bits per heavy atom. The second-order valence-corrected chi connectivity index (χ2v) is 4.32. The summed E-state index contributed by atoms with van der Waals surface area (Å²) in [5.74, 6) is -1.41. The number of para-hydroxylation sites is 1. The Labute approximate surface area is 116 Å². The van der Waals surface area contributed by atoms with Gasteiger partial charge in [0.2, 0.25) is 5.91 Å². The maximum absolute atomic E-state index is 13.4. The number of nitrogens with one attached hydrogen (secondary N) is 1. The monoisotopic (exact) mass is 268 g/mol. The van der Waals surface area contributed by atoms with Gasteiger partial charge < -0.3 is 5.32 Å². The standard InChI is InChI=1S/C16H13FN2O/c17-14-8-4-5-9-15(14)19-16(20)10-13(11-18)12-6-2-1-3-7-12/h1-9,13H,10H2,(H,19,20). The molecule has 1 N–H and O–H groups in total. The summed E-state index contributed by atoms with van der Waals surface area (Å²) >= 11 is 0. The molecule has 0 spiro atoms. The van der Waals surface area contributed by atoms with Crippen LogP contribution in [0.2, 0.25) is 0 Å². The van der Waals surface area contributed by atoms with Crippen molar-refractivity contribution in [2.24, 2.45) is 0 Å². The maximum Gasteiger partial charge on any atom is 0.226 e. The summed E-state index contributed by atoms with van der Waals surface area (Å²) in [7, 11) is 0. The first kappa shape index (κ1) is 13.8. The van der Waals surface area contributed by atoms with Crippen molar-refractivity contribution >= 4 is 11.6 Å². The molecule has 20 heavy (non-hydrogen) atoms. The first-order chi connectivity index (χ1) is 9.70. The average molecular weight is 268 g/mol. The maximum atomic E-state index is 13.4. The Morgan fingerprint density at radius 3 is 2.45 bits per heavy atom. The van der Waals surface area contributed by atoms with E-state index in [2.05, 4.69) is 11.4 Å². The van der Waals surface area contributed by atoms with E-state index in [0.717, 1.165) is 5.56 Å². The van der Waals surface area contributed by atoms with Crippen LogP contribution in [0.3, 0.4) is 0 Å². The molecule has 0 aliphatic rings. The predicted octanol–water partition coefficient (Wildman–Crippen LogP) is 3.46. The minimum atomic E-state index is -0.539.